The molecule has 0 radical (unpaired) electrons. The molecule has 1 aliphatic heterocycles. The maximum absolute atomic E-state index is 7.33. The first-order valence-corrected chi connectivity index (χ1v) is 6.21. The van der Waals surface area contributed by atoms with Crippen molar-refractivity contribution in [3.05, 3.63) is 24.0 Å². The molecule has 1 aromatic heterocycles. The molecule has 0 aromatic carbocycles. The first-order valence-electron chi connectivity index (χ1n) is 6.21. The third kappa shape index (κ3) is 2.46. The zero-order chi connectivity index (χ0) is 13.3. The number of amidine groups is 1. The van der Waals surface area contributed by atoms with Gasteiger partial charge in [-0.1, -0.05) is 6.92 Å². The quantitative estimate of drug-likeness (QED) is 0.611. The molecule has 3 N–H and O–H groups in total. The summed E-state index contributed by atoms with van der Waals surface area (Å²) in [7, 11) is 4.25. The van der Waals surface area contributed by atoms with Crippen LogP contribution in [0.25, 0.3) is 0 Å². The van der Waals surface area contributed by atoms with E-state index in [-0.39, 0.29) is 5.84 Å². The predicted molar refractivity (Wildman–Crippen MR) is 74.1 cm³/mol. The Bertz CT molecular complexity index is 426. The average Bonchev–Trinajstić information content (AvgIpc) is 2.71. The summed E-state index contributed by atoms with van der Waals surface area (Å²) in [5.74, 6) is 0.662. The first kappa shape index (κ1) is 12.8. The van der Waals surface area contributed by atoms with Gasteiger partial charge in [-0.05, 0) is 32.1 Å². The number of nitrogen functional groups attached to an aromatic ring is 1. The minimum absolute atomic E-state index is 0.0162. The van der Waals surface area contributed by atoms with Crippen LogP contribution in [-0.4, -0.2) is 48.9 Å². The van der Waals surface area contributed by atoms with Crippen molar-refractivity contribution in [3.8, 4) is 0 Å². The maximum atomic E-state index is 7.33. The lowest BCUT2D eigenvalue weighted by Crippen LogP contribution is -2.34. The highest BCUT2D eigenvalue weighted by Crippen LogP contribution is 2.25. The molecule has 2 atom stereocenters. The summed E-state index contributed by atoms with van der Waals surface area (Å²) in [6.45, 7) is 4.35. The summed E-state index contributed by atoms with van der Waals surface area (Å²) < 4.78 is 0. The van der Waals surface area contributed by atoms with Crippen LogP contribution in [0.2, 0.25) is 0 Å². The Morgan fingerprint density at radius 1 is 1.44 bits per heavy atom. The van der Waals surface area contributed by atoms with Crippen LogP contribution in [0.5, 0.6) is 0 Å². The molecule has 0 aliphatic carbocycles. The minimum atomic E-state index is 0.0162. The van der Waals surface area contributed by atoms with Crippen molar-refractivity contribution in [2.24, 2.45) is 11.7 Å². The van der Waals surface area contributed by atoms with Gasteiger partial charge in [-0.25, -0.2) is 0 Å². The van der Waals surface area contributed by atoms with Crippen molar-refractivity contribution >= 4 is 11.5 Å². The predicted octanol–water partition coefficient (Wildman–Crippen LogP) is 0.752. The molecular weight excluding hydrogens is 226 g/mol. The van der Waals surface area contributed by atoms with Gasteiger partial charge < -0.3 is 15.5 Å². The zero-order valence-corrected chi connectivity index (χ0v) is 11.2. The van der Waals surface area contributed by atoms with Gasteiger partial charge in [-0.2, -0.15) is 0 Å². The van der Waals surface area contributed by atoms with E-state index in [9.17, 15) is 0 Å². The molecule has 98 valence electrons. The number of hydrogen-bond donors (Lipinski definition) is 2. The van der Waals surface area contributed by atoms with E-state index in [2.05, 4.69) is 35.8 Å². The second kappa shape index (κ2) is 4.94. The largest absolute Gasteiger partial charge is 0.382 e. The van der Waals surface area contributed by atoms with Crippen molar-refractivity contribution in [2.75, 3.05) is 32.1 Å². The fourth-order valence-corrected chi connectivity index (χ4v) is 2.57. The Balaban J connectivity index is 2.11. The van der Waals surface area contributed by atoms with Crippen LogP contribution in [-0.2, 0) is 0 Å². The Kier molecular flexibility index (Phi) is 3.52. The van der Waals surface area contributed by atoms with Gasteiger partial charge in [0.15, 0.2) is 0 Å². The van der Waals surface area contributed by atoms with Crippen LogP contribution in [0.3, 0.4) is 0 Å². The smallest absolute Gasteiger partial charge is 0.141 e. The summed E-state index contributed by atoms with van der Waals surface area (Å²) in [5.41, 5.74) is 7.05. The van der Waals surface area contributed by atoms with Crippen molar-refractivity contribution in [3.63, 3.8) is 0 Å². The van der Waals surface area contributed by atoms with Crippen LogP contribution >= 0.6 is 0 Å². The van der Waals surface area contributed by atoms with Crippen LogP contribution < -0.4 is 10.6 Å². The van der Waals surface area contributed by atoms with Crippen LogP contribution in [0.15, 0.2) is 18.3 Å². The molecule has 1 fully saturated rings. The van der Waals surface area contributed by atoms with E-state index >= 15 is 0 Å². The first-order chi connectivity index (χ1) is 8.49. The Morgan fingerprint density at radius 3 is 2.61 bits per heavy atom. The van der Waals surface area contributed by atoms with Gasteiger partial charge in [0, 0.05) is 19.1 Å². The molecule has 1 aromatic rings. The highest BCUT2D eigenvalue weighted by molar-refractivity contribution is 5.93. The summed E-state index contributed by atoms with van der Waals surface area (Å²) in [5, 5.41) is 7.33. The fraction of sp³-hybridized carbons (Fsp3) is 0.538. The molecular formula is C13H21N5. The van der Waals surface area contributed by atoms with Crippen molar-refractivity contribution in [2.45, 2.75) is 13.0 Å². The molecule has 0 saturated carbocycles. The number of nitrogens with one attached hydrogen (secondary N) is 1. The molecule has 5 heteroatoms. The minimum Gasteiger partial charge on any atom is -0.382 e. The van der Waals surface area contributed by atoms with Gasteiger partial charge in [0.2, 0.25) is 0 Å². The monoisotopic (exact) mass is 247 g/mol. The van der Waals surface area contributed by atoms with Crippen molar-refractivity contribution < 1.29 is 0 Å². The van der Waals surface area contributed by atoms with Gasteiger partial charge >= 0.3 is 0 Å². The summed E-state index contributed by atoms with van der Waals surface area (Å²) in [4.78, 5) is 8.83. The van der Waals surface area contributed by atoms with Crippen LogP contribution in [0.1, 0.15) is 12.6 Å². The molecule has 0 bridgehead atoms. The van der Waals surface area contributed by atoms with E-state index < -0.39 is 0 Å². The van der Waals surface area contributed by atoms with E-state index in [1.807, 2.05) is 18.3 Å². The summed E-state index contributed by atoms with van der Waals surface area (Å²) in [6, 6.07) is 4.39. The fourth-order valence-electron chi connectivity index (χ4n) is 2.57. The number of aromatic nitrogens is 1. The second-order valence-electron chi connectivity index (χ2n) is 5.23. The Morgan fingerprint density at radius 2 is 2.17 bits per heavy atom. The third-order valence-electron chi connectivity index (χ3n) is 3.62. The summed E-state index contributed by atoms with van der Waals surface area (Å²) in [6.07, 6.45) is 1.81. The van der Waals surface area contributed by atoms with Crippen molar-refractivity contribution in [1.29, 1.82) is 5.41 Å². The van der Waals surface area contributed by atoms with Crippen LogP contribution in [0, 0.1) is 11.3 Å². The highest BCUT2D eigenvalue weighted by Gasteiger charge is 2.31. The van der Waals surface area contributed by atoms with Gasteiger partial charge in [-0.15, -0.1) is 0 Å². The Hall–Kier alpha value is -1.62. The Labute approximate surface area is 108 Å². The molecule has 2 heterocycles. The SMILES string of the molecule is CC1CN(c2ccc(C(=N)N)nc2)CC1N(C)C. The molecule has 0 spiro atoms. The van der Waals surface area contributed by atoms with Gasteiger partial charge in [-0.3, -0.25) is 10.4 Å². The number of hydrogen-bond acceptors (Lipinski definition) is 4. The molecule has 0 amide bonds. The van der Waals surface area contributed by atoms with Gasteiger partial charge in [0.25, 0.3) is 0 Å². The number of anilines is 1. The maximum Gasteiger partial charge on any atom is 0.141 e. The second-order valence-corrected chi connectivity index (χ2v) is 5.23. The van der Waals surface area contributed by atoms with Crippen LogP contribution in [0.4, 0.5) is 5.69 Å². The molecule has 5 nitrogen and oxygen atoms in total. The molecule has 18 heavy (non-hydrogen) atoms. The standard InChI is InChI=1S/C13H21N5/c1-9-7-18(8-12(9)17(2)3)10-4-5-11(13(14)15)16-6-10/h4-6,9,12H,7-8H2,1-3H3,(H3,14,15). The normalized spacial score (nSPS) is 23.7. The zero-order valence-electron chi connectivity index (χ0n) is 11.2. The number of rotatable bonds is 3. The van der Waals surface area contributed by atoms with E-state index in [1.54, 1.807) is 0 Å². The lowest BCUT2D eigenvalue weighted by Gasteiger charge is -2.22. The van der Waals surface area contributed by atoms with Crippen molar-refractivity contribution in [1.82, 2.24) is 9.88 Å². The van der Waals surface area contributed by atoms with E-state index in [0.29, 0.717) is 17.7 Å². The van der Waals surface area contributed by atoms with Gasteiger partial charge in [0.1, 0.15) is 11.5 Å². The topological polar surface area (TPSA) is 69.2 Å². The number of likely N-dealkylation sites (N-methyl/N-ethyl adjacent to an activating group) is 1. The summed E-state index contributed by atoms with van der Waals surface area (Å²) >= 11 is 0. The van der Waals surface area contributed by atoms with Gasteiger partial charge in [0.05, 0.1) is 11.9 Å². The number of pyridine rings is 1. The molecule has 1 saturated heterocycles. The molecule has 2 rings (SSSR count). The van der Waals surface area contributed by atoms with E-state index in [4.69, 9.17) is 11.1 Å². The highest BCUT2D eigenvalue weighted by atomic mass is 15.2. The lowest BCUT2D eigenvalue weighted by atomic mass is 10.1. The average molecular weight is 247 g/mol. The number of nitrogens with zero attached hydrogens (tertiary/aromatic N) is 3. The molecule has 1 aliphatic rings. The van der Waals surface area contributed by atoms with E-state index in [0.717, 1.165) is 18.8 Å². The van der Waals surface area contributed by atoms with E-state index in [1.165, 1.54) is 0 Å². The number of nitrogens with two attached hydrogens (primary N) is 1. The molecule has 2 unspecified atom stereocenters. The lowest BCUT2D eigenvalue weighted by molar-refractivity contribution is 0.266. The third-order valence-corrected chi connectivity index (χ3v) is 3.62.